The van der Waals surface area contributed by atoms with Gasteiger partial charge < -0.3 is 18.9 Å². The summed E-state index contributed by atoms with van der Waals surface area (Å²) < 4.78 is 17.0. The van der Waals surface area contributed by atoms with Gasteiger partial charge in [-0.3, -0.25) is 0 Å². The number of nitrogens with one attached hydrogen (secondary N) is 1. The molecule has 110 valence electrons. The van der Waals surface area contributed by atoms with Gasteiger partial charge in [0.2, 0.25) is 0 Å². The molecule has 4 rings (SSSR count). The minimum absolute atomic E-state index is 0.700. The van der Waals surface area contributed by atoms with Gasteiger partial charge in [-0.15, -0.1) is 0 Å². The number of fused-ring (bicyclic) bond motifs is 2. The fourth-order valence-corrected chi connectivity index (χ4v) is 3.47. The molecule has 3 heterocycles. The lowest BCUT2D eigenvalue weighted by molar-refractivity contribution is 0.372. The Labute approximate surface area is 123 Å². The van der Waals surface area contributed by atoms with E-state index in [0.29, 0.717) is 5.92 Å². The molecular weight excluding hydrogens is 266 g/mol. The molecule has 1 aliphatic heterocycles. The van der Waals surface area contributed by atoms with Crippen LogP contribution in [-0.2, 0) is 6.42 Å². The zero-order chi connectivity index (χ0) is 14.2. The first-order chi connectivity index (χ1) is 10.4. The Morgan fingerprint density at radius 3 is 2.57 bits per heavy atom. The fourth-order valence-electron chi connectivity index (χ4n) is 3.47. The minimum atomic E-state index is 0.700. The van der Waals surface area contributed by atoms with Crippen molar-refractivity contribution in [3.63, 3.8) is 0 Å². The topological polar surface area (TPSA) is 47.5 Å². The number of methoxy groups -OCH3 is 1. The number of piperidine rings is 1. The van der Waals surface area contributed by atoms with Crippen LogP contribution in [0.3, 0.4) is 0 Å². The molecule has 4 heteroatoms. The van der Waals surface area contributed by atoms with E-state index in [9.17, 15) is 0 Å². The van der Waals surface area contributed by atoms with Crippen LogP contribution in [0.15, 0.2) is 33.5 Å². The van der Waals surface area contributed by atoms with E-state index < -0.39 is 0 Å². The second-order valence-electron chi connectivity index (χ2n) is 5.74. The van der Waals surface area contributed by atoms with Gasteiger partial charge in [-0.1, -0.05) is 0 Å². The molecule has 0 bridgehead atoms. The highest BCUT2D eigenvalue weighted by atomic mass is 16.5. The third-order valence-corrected chi connectivity index (χ3v) is 4.54. The SMILES string of the molecule is COc1c2ccoc2c(CC2CCNCC2)c2ccoc12. The predicted molar refractivity (Wildman–Crippen MR) is 81.8 cm³/mol. The first kappa shape index (κ1) is 12.8. The maximum Gasteiger partial charge on any atom is 0.176 e. The summed E-state index contributed by atoms with van der Waals surface area (Å²) in [5.74, 6) is 1.47. The van der Waals surface area contributed by atoms with Gasteiger partial charge in [0.15, 0.2) is 11.3 Å². The maximum atomic E-state index is 5.77. The predicted octanol–water partition coefficient (Wildman–Crippen LogP) is 3.73. The molecule has 1 N–H and O–H groups in total. The summed E-state index contributed by atoms with van der Waals surface area (Å²) >= 11 is 0. The van der Waals surface area contributed by atoms with E-state index in [-0.39, 0.29) is 0 Å². The molecule has 0 radical (unpaired) electrons. The molecule has 4 nitrogen and oxygen atoms in total. The van der Waals surface area contributed by atoms with E-state index in [1.807, 2.05) is 12.1 Å². The van der Waals surface area contributed by atoms with Crippen molar-refractivity contribution in [2.75, 3.05) is 20.2 Å². The smallest absolute Gasteiger partial charge is 0.176 e. The Hall–Kier alpha value is -1.94. The number of hydrogen-bond donors (Lipinski definition) is 1. The summed E-state index contributed by atoms with van der Waals surface area (Å²) in [5, 5.41) is 5.54. The quantitative estimate of drug-likeness (QED) is 0.796. The van der Waals surface area contributed by atoms with Crippen molar-refractivity contribution in [1.82, 2.24) is 5.32 Å². The van der Waals surface area contributed by atoms with Crippen LogP contribution in [0.1, 0.15) is 18.4 Å². The maximum absolute atomic E-state index is 5.77. The van der Waals surface area contributed by atoms with Crippen LogP contribution in [0.25, 0.3) is 21.9 Å². The van der Waals surface area contributed by atoms with Gasteiger partial charge in [-0.25, -0.2) is 0 Å². The summed E-state index contributed by atoms with van der Waals surface area (Å²) in [5.41, 5.74) is 3.03. The van der Waals surface area contributed by atoms with Crippen LogP contribution in [0.2, 0.25) is 0 Å². The molecular formula is C17H19NO3. The average molecular weight is 285 g/mol. The normalized spacial score (nSPS) is 16.8. The lowest BCUT2D eigenvalue weighted by Gasteiger charge is -2.23. The first-order valence-corrected chi connectivity index (χ1v) is 7.52. The molecule has 3 aromatic rings. The van der Waals surface area contributed by atoms with Gasteiger partial charge in [-0.2, -0.15) is 0 Å². The molecule has 0 unspecified atom stereocenters. The molecule has 0 atom stereocenters. The van der Waals surface area contributed by atoms with Crippen LogP contribution in [0.4, 0.5) is 0 Å². The molecule has 0 saturated carbocycles. The lowest BCUT2D eigenvalue weighted by Crippen LogP contribution is -2.28. The zero-order valence-electron chi connectivity index (χ0n) is 12.1. The molecule has 2 aromatic heterocycles. The Morgan fingerprint density at radius 1 is 1.10 bits per heavy atom. The zero-order valence-corrected chi connectivity index (χ0v) is 12.1. The largest absolute Gasteiger partial charge is 0.492 e. The summed E-state index contributed by atoms with van der Waals surface area (Å²) in [4.78, 5) is 0. The molecule has 21 heavy (non-hydrogen) atoms. The number of furan rings is 2. The van der Waals surface area contributed by atoms with Gasteiger partial charge in [0, 0.05) is 10.9 Å². The van der Waals surface area contributed by atoms with Gasteiger partial charge >= 0.3 is 0 Å². The van der Waals surface area contributed by atoms with Crippen molar-refractivity contribution in [2.45, 2.75) is 19.3 Å². The molecule has 0 amide bonds. The van der Waals surface area contributed by atoms with E-state index in [0.717, 1.165) is 47.2 Å². The van der Waals surface area contributed by atoms with Crippen LogP contribution >= 0.6 is 0 Å². The fraction of sp³-hybridized carbons (Fsp3) is 0.412. The highest BCUT2D eigenvalue weighted by Crippen LogP contribution is 2.40. The van der Waals surface area contributed by atoms with Crippen LogP contribution in [-0.4, -0.2) is 20.2 Å². The Balaban J connectivity index is 1.88. The van der Waals surface area contributed by atoms with Crippen LogP contribution in [0.5, 0.6) is 5.75 Å². The lowest BCUT2D eigenvalue weighted by atomic mass is 9.89. The molecule has 0 spiro atoms. The third-order valence-electron chi connectivity index (χ3n) is 4.54. The van der Waals surface area contributed by atoms with E-state index in [1.54, 1.807) is 19.6 Å². The summed E-state index contributed by atoms with van der Waals surface area (Å²) in [6.07, 6.45) is 6.93. The van der Waals surface area contributed by atoms with Crippen molar-refractivity contribution in [1.29, 1.82) is 0 Å². The number of ether oxygens (including phenoxy) is 1. The minimum Gasteiger partial charge on any atom is -0.492 e. The van der Waals surface area contributed by atoms with Gasteiger partial charge in [-0.05, 0) is 50.4 Å². The number of hydrogen-bond acceptors (Lipinski definition) is 4. The van der Waals surface area contributed by atoms with Gasteiger partial charge in [0.1, 0.15) is 5.58 Å². The summed E-state index contributed by atoms with van der Waals surface area (Å²) in [7, 11) is 1.68. The van der Waals surface area contributed by atoms with Crippen molar-refractivity contribution < 1.29 is 13.6 Å². The van der Waals surface area contributed by atoms with E-state index in [2.05, 4.69) is 5.32 Å². The van der Waals surface area contributed by atoms with Crippen LogP contribution in [0, 0.1) is 5.92 Å². The van der Waals surface area contributed by atoms with Crippen molar-refractivity contribution in [3.8, 4) is 5.75 Å². The molecule has 1 aliphatic rings. The molecule has 1 saturated heterocycles. The molecule has 1 fully saturated rings. The average Bonchev–Trinajstić information content (AvgIpc) is 3.17. The summed E-state index contributed by atoms with van der Waals surface area (Å²) in [6.45, 7) is 2.22. The third kappa shape index (κ3) is 2.02. The van der Waals surface area contributed by atoms with E-state index >= 15 is 0 Å². The highest BCUT2D eigenvalue weighted by molar-refractivity contribution is 6.04. The van der Waals surface area contributed by atoms with Crippen molar-refractivity contribution in [3.05, 3.63) is 30.2 Å². The first-order valence-electron chi connectivity index (χ1n) is 7.52. The monoisotopic (exact) mass is 285 g/mol. The number of rotatable bonds is 3. The van der Waals surface area contributed by atoms with E-state index in [1.165, 1.54) is 18.4 Å². The Kier molecular flexibility index (Phi) is 3.11. The second-order valence-corrected chi connectivity index (χ2v) is 5.74. The molecule has 0 aliphatic carbocycles. The standard InChI is InChI=1S/C17H19NO3/c1-19-16-13-5-9-20-15(13)14(12-4-8-21-17(12)16)10-11-2-6-18-7-3-11/h4-5,8-9,11,18H,2-3,6-7,10H2,1H3. The molecule has 1 aromatic carbocycles. The van der Waals surface area contributed by atoms with Crippen LogP contribution < -0.4 is 10.1 Å². The van der Waals surface area contributed by atoms with Gasteiger partial charge in [0.05, 0.1) is 25.0 Å². The second kappa shape index (κ2) is 5.11. The van der Waals surface area contributed by atoms with E-state index in [4.69, 9.17) is 13.6 Å². The number of benzene rings is 1. The Morgan fingerprint density at radius 2 is 1.81 bits per heavy atom. The summed E-state index contributed by atoms with van der Waals surface area (Å²) in [6, 6.07) is 3.98. The highest BCUT2D eigenvalue weighted by Gasteiger charge is 2.22. The van der Waals surface area contributed by atoms with Gasteiger partial charge in [0.25, 0.3) is 0 Å². The van der Waals surface area contributed by atoms with Crippen molar-refractivity contribution in [2.24, 2.45) is 5.92 Å². The Bertz CT molecular complexity index is 713. The van der Waals surface area contributed by atoms with Crippen molar-refractivity contribution >= 4 is 21.9 Å².